The van der Waals surface area contributed by atoms with Gasteiger partial charge in [-0.15, -0.1) is 0 Å². The Balaban J connectivity index is 3.08. The second kappa shape index (κ2) is 6.02. The molecule has 0 aromatic rings. The number of hydrogen-bond donors (Lipinski definition) is 1. The Kier molecular flexibility index (Phi) is 5.11. The maximum atomic E-state index is 12.7. The average Bonchev–Trinajstić information content (AvgIpc) is 2.26. The normalized spacial score (nSPS) is 19.1. The van der Waals surface area contributed by atoms with Crippen molar-refractivity contribution in [3.8, 4) is 0 Å². The van der Waals surface area contributed by atoms with Crippen molar-refractivity contribution < 1.29 is 31.1 Å². The van der Waals surface area contributed by atoms with Gasteiger partial charge in [0.05, 0.1) is 18.9 Å². The number of hydrogen-bond acceptors (Lipinski definition) is 2. The first-order valence-corrected chi connectivity index (χ1v) is 5.85. The topological polar surface area (TPSA) is 21.3 Å². The van der Waals surface area contributed by atoms with Crippen molar-refractivity contribution >= 4 is 0 Å². The molecule has 0 aliphatic carbocycles. The van der Waals surface area contributed by atoms with E-state index in [4.69, 9.17) is 4.74 Å². The van der Waals surface area contributed by atoms with Gasteiger partial charge in [0, 0.05) is 0 Å². The molecule has 0 bridgehead atoms. The molecule has 1 unspecified atom stereocenters. The molecule has 0 aromatic heterocycles. The SMILES string of the molecule is CCNC(C1=COCCC1)C(C(F)(F)F)C(F)(F)F. The first-order chi connectivity index (χ1) is 8.68. The van der Waals surface area contributed by atoms with Crippen LogP contribution in [0.3, 0.4) is 0 Å². The smallest absolute Gasteiger partial charge is 0.402 e. The first kappa shape index (κ1) is 16.1. The standard InChI is InChI=1S/C11H15F6NO/c1-2-18-8(7-4-3-5-19-6-7)9(10(12,13)14)11(15,16)17/h6,8-9,18H,2-5H2,1H3. The molecular formula is C11H15F6NO. The zero-order valence-electron chi connectivity index (χ0n) is 10.2. The zero-order valence-corrected chi connectivity index (χ0v) is 10.2. The minimum absolute atomic E-state index is 0.00463. The Morgan fingerprint density at radius 1 is 1.21 bits per heavy atom. The average molecular weight is 291 g/mol. The van der Waals surface area contributed by atoms with Crippen LogP contribution in [0.5, 0.6) is 0 Å². The molecule has 2 nitrogen and oxygen atoms in total. The van der Waals surface area contributed by atoms with Crippen LogP contribution < -0.4 is 5.32 Å². The third-order valence-corrected chi connectivity index (χ3v) is 2.82. The predicted octanol–water partition coefficient (Wildman–Crippen LogP) is 3.40. The van der Waals surface area contributed by atoms with Gasteiger partial charge in [-0.3, -0.25) is 0 Å². The summed E-state index contributed by atoms with van der Waals surface area (Å²) in [7, 11) is 0. The highest BCUT2D eigenvalue weighted by Gasteiger charge is 2.60. The van der Waals surface area contributed by atoms with E-state index in [-0.39, 0.29) is 18.5 Å². The minimum atomic E-state index is -5.36. The van der Waals surface area contributed by atoms with Crippen molar-refractivity contribution in [2.75, 3.05) is 13.2 Å². The van der Waals surface area contributed by atoms with E-state index in [0.717, 1.165) is 6.26 Å². The summed E-state index contributed by atoms with van der Waals surface area (Å²) in [4.78, 5) is 0. The van der Waals surface area contributed by atoms with Crippen LogP contribution in [-0.2, 0) is 4.74 Å². The van der Waals surface area contributed by atoms with Gasteiger partial charge in [0.25, 0.3) is 0 Å². The number of rotatable bonds is 4. The van der Waals surface area contributed by atoms with Crippen molar-refractivity contribution in [2.24, 2.45) is 5.92 Å². The van der Waals surface area contributed by atoms with Gasteiger partial charge in [-0.05, 0) is 25.0 Å². The molecule has 0 amide bonds. The highest BCUT2D eigenvalue weighted by atomic mass is 19.4. The van der Waals surface area contributed by atoms with Crippen LogP contribution in [0.25, 0.3) is 0 Å². The molecular weight excluding hydrogens is 276 g/mol. The van der Waals surface area contributed by atoms with E-state index in [1.54, 1.807) is 0 Å². The van der Waals surface area contributed by atoms with Crippen molar-refractivity contribution in [2.45, 2.75) is 38.2 Å². The summed E-state index contributed by atoms with van der Waals surface area (Å²) >= 11 is 0. The van der Waals surface area contributed by atoms with E-state index >= 15 is 0 Å². The lowest BCUT2D eigenvalue weighted by molar-refractivity contribution is -0.289. The van der Waals surface area contributed by atoms with Crippen LogP contribution in [0.2, 0.25) is 0 Å². The molecule has 0 aromatic carbocycles. The first-order valence-electron chi connectivity index (χ1n) is 5.85. The Labute approximate surface area is 106 Å². The summed E-state index contributed by atoms with van der Waals surface area (Å²) in [5.41, 5.74) is 0.00718. The zero-order chi connectivity index (χ0) is 14.7. The summed E-state index contributed by atoms with van der Waals surface area (Å²) in [5, 5.41) is 2.28. The molecule has 0 fully saturated rings. The predicted molar refractivity (Wildman–Crippen MR) is 56.3 cm³/mol. The molecule has 1 heterocycles. The molecule has 1 atom stereocenters. The van der Waals surface area contributed by atoms with E-state index in [1.165, 1.54) is 6.92 Å². The van der Waals surface area contributed by atoms with Gasteiger partial charge in [0.1, 0.15) is 0 Å². The van der Waals surface area contributed by atoms with Crippen LogP contribution in [0.4, 0.5) is 26.3 Å². The molecule has 0 saturated carbocycles. The van der Waals surface area contributed by atoms with Crippen LogP contribution in [0.15, 0.2) is 11.8 Å². The lowest BCUT2D eigenvalue weighted by Crippen LogP contribution is -2.52. The number of likely N-dealkylation sites (N-methyl/N-ethyl adjacent to an activating group) is 1. The molecule has 0 radical (unpaired) electrons. The lowest BCUT2D eigenvalue weighted by Gasteiger charge is -2.33. The van der Waals surface area contributed by atoms with Crippen LogP contribution in [0, 0.1) is 5.92 Å². The van der Waals surface area contributed by atoms with Crippen LogP contribution in [-0.4, -0.2) is 31.5 Å². The van der Waals surface area contributed by atoms with Crippen molar-refractivity contribution in [3.63, 3.8) is 0 Å². The third kappa shape index (κ3) is 4.29. The largest absolute Gasteiger partial charge is 0.501 e. The Hall–Kier alpha value is -0.920. The maximum Gasteiger partial charge on any atom is 0.402 e. The van der Waals surface area contributed by atoms with Gasteiger partial charge < -0.3 is 10.1 Å². The van der Waals surface area contributed by atoms with Crippen molar-refractivity contribution in [3.05, 3.63) is 11.8 Å². The highest BCUT2D eigenvalue weighted by Crippen LogP contribution is 2.43. The van der Waals surface area contributed by atoms with Crippen molar-refractivity contribution in [1.29, 1.82) is 0 Å². The summed E-state index contributed by atoms with van der Waals surface area (Å²) in [5.74, 6) is -3.42. The second-order valence-corrected chi connectivity index (χ2v) is 4.26. The van der Waals surface area contributed by atoms with Gasteiger partial charge in [-0.25, -0.2) is 0 Å². The fraction of sp³-hybridized carbons (Fsp3) is 0.818. The van der Waals surface area contributed by atoms with Gasteiger partial charge in [0.2, 0.25) is 0 Å². The maximum absolute atomic E-state index is 12.7. The minimum Gasteiger partial charge on any atom is -0.501 e. The summed E-state index contributed by atoms with van der Waals surface area (Å²) < 4.78 is 81.1. The monoisotopic (exact) mass is 291 g/mol. The van der Waals surface area contributed by atoms with Crippen molar-refractivity contribution in [1.82, 2.24) is 5.32 Å². The lowest BCUT2D eigenvalue weighted by atomic mass is 9.89. The molecule has 112 valence electrons. The fourth-order valence-electron chi connectivity index (χ4n) is 2.06. The number of ether oxygens (including phenoxy) is 1. The second-order valence-electron chi connectivity index (χ2n) is 4.26. The Morgan fingerprint density at radius 3 is 2.16 bits per heavy atom. The number of halogens is 6. The van der Waals surface area contributed by atoms with E-state index < -0.39 is 24.3 Å². The summed E-state index contributed by atoms with van der Waals surface area (Å²) in [6.45, 7) is 1.77. The Bertz CT molecular complexity index is 308. The fourth-order valence-corrected chi connectivity index (χ4v) is 2.06. The third-order valence-electron chi connectivity index (χ3n) is 2.82. The molecule has 8 heteroatoms. The molecule has 1 rings (SSSR count). The van der Waals surface area contributed by atoms with E-state index in [0.29, 0.717) is 13.0 Å². The number of alkyl halides is 6. The van der Waals surface area contributed by atoms with Gasteiger partial charge >= 0.3 is 12.4 Å². The van der Waals surface area contributed by atoms with Gasteiger partial charge in [-0.1, -0.05) is 6.92 Å². The van der Waals surface area contributed by atoms with E-state index in [9.17, 15) is 26.3 Å². The van der Waals surface area contributed by atoms with E-state index in [1.807, 2.05) is 0 Å². The molecule has 19 heavy (non-hydrogen) atoms. The molecule has 0 spiro atoms. The summed E-state index contributed by atoms with van der Waals surface area (Å²) in [6.07, 6.45) is -9.12. The van der Waals surface area contributed by atoms with E-state index in [2.05, 4.69) is 5.32 Å². The van der Waals surface area contributed by atoms with Gasteiger partial charge in [-0.2, -0.15) is 26.3 Å². The molecule has 1 N–H and O–H groups in total. The van der Waals surface area contributed by atoms with Crippen LogP contribution >= 0.6 is 0 Å². The molecule has 1 aliphatic heterocycles. The molecule has 1 aliphatic rings. The number of nitrogens with one attached hydrogen (secondary N) is 1. The quantitative estimate of drug-likeness (QED) is 0.802. The van der Waals surface area contributed by atoms with Gasteiger partial charge in [0.15, 0.2) is 5.92 Å². The van der Waals surface area contributed by atoms with Crippen LogP contribution in [0.1, 0.15) is 19.8 Å². The highest BCUT2D eigenvalue weighted by molar-refractivity contribution is 5.14. The molecule has 0 saturated heterocycles. The Morgan fingerprint density at radius 2 is 1.79 bits per heavy atom. The summed E-state index contributed by atoms with van der Waals surface area (Å²) in [6, 6.07) is -1.83.